The van der Waals surface area contributed by atoms with Crippen LogP contribution >= 0.6 is 45.2 Å². The van der Waals surface area contributed by atoms with E-state index in [1.54, 1.807) is 6.07 Å². The molecular weight excluding hydrogens is 436 g/mol. The number of nitrogens with one attached hydrogen (secondary N) is 1. The zero-order valence-corrected chi connectivity index (χ0v) is 12.5. The number of hydrogen-bond donors (Lipinski definition) is 2. The van der Waals surface area contributed by atoms with E-state index in [2.05, 4.69) is 27.9 Å². The van der Waals surface area contributed by atoms with Gasteiger partial charge in [-0.15, -0.1) is 0 Å². The van der Waals surface area contributed by atoms with Gasteiger partial charge in [0.15, 0.2) is 0 Å². The number of ether oxygens (including phenoxy) is 1. The first kappa shape index (κ1) is 12.4. The van der Waals surface area contributed by atoms with Crippen molar-refractivity contribution in [1.82, 2.24) is 5.32 Å². The second-order valence-corrected chi connectivity index (χ2v) is 5.90. The zero-order chi connectivity index (χ0) is 11.7. The van der Waals surface area contributed by atoms with Gasteiger partial charge in [0.25, 0.3) is 5.91 Å². The minimum Gasteiger partial charge on any atom is -0.506 e. The van der Waals surface area contributed by atoms with Crippen LogP contribution in [0.5, 0.6) is 5.75 Å². The average Bonchev–Trinajstić information content (AvgIpc) is 2.17. The first-order chi connectivity index (χ1) is 7.58. The molecule has 0 unspecified atom stereocenters. The Balaban J connectivity index is 2.21. The molecule has 2 rings (SSSR count). The molecule has 1 amide bonds. The molecule has 0 aromatic heterocycles. The molecule has 86 valence electrons. The van der Waals surface area contributed by atoms with Gasteiger partial charge in [0, 0.05) is 3.57 Å². The third-order valence-corrected chi connectivity index (χ3v) is 3.69. The van der Waals surface area contributed by atoms with Gasteiger partial charge in [0.1, 0.15) is 5.75 Å². The number of phenolic OH excluding ortho intramolecular Hbond substituents is 1. The van der Waals surface area contributed by atoms with E-state index < -0.39 is 0 Å². The van der Waals surface area contributed by atoms with E-state index >= 15 is 0 Å². The van der Waals surface area contributed by atoms with Crippen LogP contribution in [0, 0.1) is 7.14 Å². The predicted octanol–water partition coefficient (Wildman–Crippen LogP) is 1.73. The van der Waals surface area contributed by atoms with E-state index in [0.29, 0.717) is 22.3 Å². The van der Waals surface area contributed by atoms with Crippen molar-refractivity contribution in [3.05, 3.63) is 24.8 Å². The van der Waals surface area contributed by atoms with Crippen molar-refractivity contribution in [3.8, 4) is 5.75 Å². The number of hydrogen-bond acceptors (Lipinski definition) is 3. The fourth-order valence-corrected chi connectivity index (χ4v) is 3.17. The standard InChI is InChI=1S/C10H9I2NO3/c11-5-1-7(9(14)8(12)2-5)10(15)13-6-3-16-4-6/h1-2,6,14H,3-4H2,(H,13,15). The van der Waals surface area contributed by atoms with Crippen molar-refractivity contribution in [2.45, 2.75) is 6.04 Å². The van der Waals surface area contributed by atoms with Crippen LogP contribution < -0.4 is 5.32 Å². The van der Waals surface area contributed by atoms with E-state index in [4.69, 9.17) is 4.74 Å². The molecule has 1 aliphatic rings. The predicted molar refractivity (Wildman–Crippen MR) is 75.6 cm³/mol. The molecule has 16 heavy (non-hydrogen) atoms. The highest BCUT2D eigenvalue weighted by Gasteiger charge is 2.23. The van der Waals surface area contributed by atoms with Gasteiger partial charge in [-0.05, 0) is 57.3 Å². The SMILES string of the molecule is O=C(NC1COC1)c1cc(I)cc(I)c1O. The summed E-state index contributed by atoms with van der Waals surface area (Å²) in [5, 5.41) is 12.6. The summed E-state index contributed by atoms with van der Waals surface area (Å²) < 4.78 is 6.57. The van der Waals surface area contributed by atoms with Gasteiger partial charge in [-0.1, -0.05) is 0 Å². The maximum absolute atomic E-state index is 11.8. The van der Waals surface area contributed by atoms with Crippen LogP contribution in [0.1, 0.15) is 10.4 Å². The van der Waals surface area contributed by atoms with Crippen molar-refractivity contribution in [1.29, 1.82) is 0 Å². The van der Waals surface area contributed by atoms with Crippen molar-refractivity contribution in [3.63, 3.8) is 0 Å². The Morgan fingerprint density at radius 1 is 1.44 bits per heavy atom. The van der Waals surface area contributed by atoms with Gasteiger partial charge < -0.3 is 15.2 Å². The van der Waals surface area contributed by atoms with Gasteiger partial charge in [-0.25, -0.2) is 0 Å². The van der Waals surface area contributed by atoms with Crippen molar-refractivity contribution >= 4 is 51.1 Å². The summed E-state index contributed by atoms with van der Waals surface area (Å²) in [6.45, 7) is 1.10. The highest BCUT2D eigenvalue weighted by atomic mass is 127. The Bertz CT molecular complexity index is 432. The molecule has 1 aliphatic heterocycles. The molecule has 0 atom stereocenters. The molecule has 0 spiro atoms. The van der Waals surface area contributed by atoms with Crippen LogP contribution in [-0.2, 0) is 4.74 Å². The van der Waals surface area contributed by atoms with E-state index in [1.165, 1.54) is 0 Å². The molecule has 0 bridgehead atoms. The lowest BCUT2D eigenvalue weighted by molar-refractivity contribution is -0.00350. The number of aromatic hydroxyl groups is 1. The lowest BCUT2D eigenvalue weighted by atomic mass is 10.1. The number of phenols is 1. The summed E-state index contributed by atoms with van der Waals surface area (Å²) in [4.78, 5) is 11.8. The number of carbonyl (C=O) groups excluding carboxylic acids is 1. The Kier molecular flexibility index (Phi) is 3.90. The maximum atomic E-state index is 11.8. The summed E-state index contributed by atoms with van der Waals surface area (Å²) in [6.07, 6.45) is 0. The van der Waals surface area contributed by atoms with Gasteiger partial charge in [-0.2, -0.15) is 0 Å². The second kappa shape index (κ2) is 5.05. The maximum Gasteiger partial charge on any atom is 0.255 e. The second-order valence-electron chi connectivity index (χ2n) is 3.49. The van der Waals surface area contributed by atoms with Crippen molar-refractivity contribution in [2.75, 3.05) is 13.2 Å². The minimum atomic E-state index is -0.248. The van der Waals surface area contributed by atoms with Crippen LogP contribution in [0.15, 0.2) is 12.1 Å². The number of halogens is 2. The Morgan fingerprint density at radius 2 is 2.12 bits per heavy atom. The molecule has 0 saturated carbocycles. The molecule has 1 fully saturated rings. The van der Waals surface area contributed by atoms with Crippen LogP contribution in [0.25, 0.3) is 0 Å². The summed E-state index contributed by atoms with van der Waals surface area (Å²) >= 11 is 4.12. The van der Waals surface area contributed by atoms with E-state index in [9.17, 15) is 9.90 Å². The van der Waals surface area contributed by atoms with Crippen LogP contribution in [-0.4, -0.2) is 30.3 Å². The zero-order valence-electron chi connectivity index (χ0n) is 8.17. The quantitative estimate of drug-likeness (QED) is 0.683. The molecule has 6 heteroatoms. The average molecular weight is 445 g/mol. The number of amides is 1. The van der Waals surface area contributed by atoms with E-state index in [0.717, 1.165) is 3.57 Å². The highest BCUT2D eigenvalue weighted by Crippen LogP contribution is 2.27. The fourth-order valence-electron chi connectivity index (χ4n) is 1.32. The molecule has 0 aliphatic carbocycles. The normalized spacial score (nSPS) is 15.6. The van der Waals surface area contributed by atoms with Crippen LogP contribution in [0.4, 0.5) is 0 Å². The largest absolute Gasteiger partial charge is 0.506 e. The number of carbonyl (C=O) groups is 1. The number of rotatable bonds is 2. The van der Waals surface area contributed by atoms with Gasteiger partial charge >= 0.3 is 0 Å². The third-order valence-electron chi connectivity index (χ3n) is 2.25. The summed E-state index contributed by atoms with van der Waals surface area (Å²) in [5.41, 5.74) is 0.322. The Labute approximate surface area is 120 Å². The molecule has 1 aromatic carbocycles. The molecule has 4 nitrogen and oxygen atoms in total. The Hall–Kier alpha value is -0.0900. The van der Waals surface area contributed by atoms with Crippen LogP contribution in [0.3, 0.4) is 0 Å². The van der Waals surface area contributed by atoms with E-state index in [1.807, 2.05) is 28.7 Å². The molecule has 0 radical (unpaired) electrons. The summed E-state index contributed by atoms with van der Waals surface area (Å²) in [5.74, 6) is -0.207. The third kappa shape index (κ3) is 2.59. The fraction of sp³-hybridized carbons (Fsp3) is 0.300. The number of benzene rings is 1. The van der Waals surface area contributed by atoms with E-state index in [-0.39, 0.29) is 17.7 Å². The Morgan fingerprint density at radius 3 is 2.69 bits per heavy atom. The first-order valence-corrected chi connectivity index (χ1v) is 6.80. The highest BCUT2D eigenvalue weighted by molar-refractivity contribution is 14.1. The molecule has 1 aromatic rings. The lowest BCUT2D eigenvalue weighted by Gasteiger charge is -2.26. The van der Waals surface area contributed by atoms with Crippen LogP contribution in [0.2, 0.25) is 0 Å². The van der Waals surface area contributed by atoms with Crippen molar-refractivity contribution < 1.29 is 14.6 Å². The minimum absolute atomic E-state index is 0.0405. The molecule has 2 N–H and O–H groups in total. The summed E-state index contributed by atoms with van der Waals surface area (Å²) in [6, 6.07) is 3.56. The van der Waals surface area contributed by atoms with Gasteiger partial charge in [-0.3, -0.25) is 4.79 Å². The first-order valence-electron chi connectivity index (χ1n) is 4.64. The topological polar surface area (TPSA) is 58.6 Å². The lowest BCUT2D eigenvalue weighted by Crippen LogP contribution is -2.48. The molecular formula is C10H9I2NO3. The smallest absolute Gasteiger partial charge is 0.255 e. The summed E-state index contributed by atoms with van der Waals surface area (Å²) in [7, 11) is 0. The van der Waals surface area contributed by atoms with Gasteiger partial charge in [0.2, 0.25) is 0 Å². The molecule has 1 saturated heterocycles. The van der Waals surface area contributed by atoms with Crippen molar-refractivity contribution in [2.24, 2.45) is 0 Å². The van der Waals surface area contributed by atoms with Gasteiger partial charge in [0.05, 0.1) is 28.4 Å². The monoisotopic (exact) mass is 445 g/mol. The molecule has 1 heterocycles.